The second-order valence-electron chi connectivity index (χ2n) is 8.76. The van der Waals surface area contributed by atoms with Crippen LogP contribution in [0.15, 0.2) is 65.7 Å². The summed E-state index contributed by atoms with van der Waals surface area (Å²) >= 11 is 0. The Morgan fingerprint density at radius 3 is 2.47 bits per heavy atom. The lowest BCUT2D eigenvalue weighted by molar-refractivity contribution is -0.127. The number of aliphatic imine (C=N–C) groups is 1. The van der Waals surface area contributed by atoms with Gasteiger partial charge in [0.25, 0.3) is 0 Å². The van der Waals surface area contributed by atoms with Gasteiger partial charge in [0.15, 0.2) is 5.96 Å². The van der Waals surface area contributed by atoms with Crippen molar-refractivity contribution >= 4 is 41.5 Å². The number of likely N-dealkylation sites (tertiary alicyclic amines) is 1. The van der Waals surface area contributed by atoms with Gasteiger partial charge in [-0.2, -0.15) is 0 Å². The van der Waals surface area contributed by atoms with Gasteiger partial charge in [0.1, 0.15) is 0 Å². The van der Waals surface area contributed by atoms with Crippen LogP contribution in [0, 0.1) is 5.92 Å². The minimum atomic E-state index is 0. The number of benzene rings is 2. The minimum absolute atomic E-state index is 0. The van der Waals surface area contributed by atoms with E-state index in [4.69, 9.17) is 4.99 Å². The number of hydrogen-bond donors (Lipinski definition) is 2. The number of carbonyl (C=O) groups excluding carboxylic acids is 1. The first kappa shape index (κ1) is 28.0. The van der Waals surface area contributed by atoms with Crippen molar-refractivity contribution in [1.82, 2.24) is 15.5 Å². The summed E-state index contributed by atoms with van der Waals surface area (Å²) in [6, 6.07) is 20.9. The van der Waals surface area contributed by atoms with Crippen LogP contribution in [-0.4, -0.2) is 63.1 Å². The SMILES string of the molecule is CCNC(=NCC1CC(=O)N(CCc2ccccc2)C1)NCCCCN(C)c1ccccc1.I. The summed E-state index contributed by atoms with van der Waals surface area (Å²) < 4.78 is 0. The summed E-state index contributed by atoms with van der Waals surface area (Å²) in [5.41, 5.74) is 2.53. The summed E-state index contributed by atoms with van der Waals surface area (Å²) in [6.45, 7) is 7.11. The minimum Gasteiger partial charge on any atom is -0.375 e. The van der Waals surface area contributed by atoms with Crippen LogP contribution >= 0.6 is 24.0 Å². The van der Waals surface area contributed by atoms with Gasteiger partial charge in [-0.3, -0.25) is 9.79 Å². The maximum Gasteiger partial charge on any atom is 0.223 e. The van der Waals surface area contributed by atoms with Crippen molar-refractivity contribution in [1.29, 1.82) is 0 Å². The molecule has 1 amide bonds. The molecule has 0 aliphatic carbocycles. The Hall–Kier alpha value is -2.29. The lowest BCUT2D eigenvalue weighted by Gasteiger charge is -2.19. The molecule has 0 radical (unpaired) electrons. The number of hydrogen-bond acceptors (Lipinski definition) is 3. The zero-order valence-corrected chi connectivity index (χ0v) is 22.9. The van der Waals surface area contributed by atoms with E-state index in [9.17, 15) is 4.79 Å². The predicted molar refractivity (Wildman–Crippen MR) is 153 cm³/mol. The number of guanidine groups is 1. The van der Waals surface area contributed by atoms with E-state index in [1.54, 1.807) is 0 Å². The fraction of sp³-hybridized carbons (Fsp3) is 0.481. The highest BCUT2D eigenvalue weighted by molar-refractivity contribution is 14.0. The van der Waals surface area contributed by atoms with E-state index in [2.05, 4.69) is 78.0 Å². The molecule has 1 atom stereocenters. The first-order chi connectivity index (χ1) is 16.2. The van der Waals surface area contributed by atoms with E-state index in [1.807, 2.05) is 17.0 Å². The van der Waals surface area contributed by atoms with Crippen LogP contribution in [0.3, 0.4) is 0 Å². The molecule has 1 aliphatic rings. The highest BCUT2D eigenvalue weighted by Gasteiger charge is 2.28. The molecule has 0 spiro atoms. The maximum absolute atomic E-state index is 12.4. The molecule has 0 bridgehead atoms. The zero-order valence-electron chi connectivity index (χ0n) is 20.6. The number of para-hydroxylation sites is 1. The van der Waals surface area contributed by atoms with Crippen molar-refractivity contribution in [2.75, 3.05) is 51.2 Å². The molecule has 1 aliphatic heterocycles. The van der Waals surface area contributed by atoms with Gasteiger partial charge >= 0.3 is 0 Å². The van der Waals surface area contributed by atoms with Crippen LogP contribution in [0.2, 0.25) is 0 Å². The summed E-state index contributed by atoms with van der Waals surface area (Å²) in [4.78, 5) is 21.5. The Kier molecular flexibility index (Phi) is 12.8. The zero-order chi connectivity index (χ0) is 23.3. The molecule has 2 N–H and O–H groups in total. The molecule has 2 aromatic carbocycles. The summed E-state index contributed by atoms with van der Waals surface area (Å²) in [6.07, 6.45) is 3.71. The largest absolute Gasteiger partial charge is 0.375 e. The van der Waals surface area contributed by atoms with E-state index in [0.29, 0.717) is 18.9 Å². The second-order valence-corrected chi connectivity index (χ2v) is 8.76. The molecule has 1 unspecified atom stereocenters. The highest BCUT2D eigenvalue weighted by Crippen LogP contribution is 2.18. The molecule has 2 aromatic rings. The van der Waals surface area contributed by atoms with Gasteiger partial charge in [-0.25, -0.2) is 0 Å². The van der Waals surface area contributed by atoms with Gasteiger partial charge < -0.3 is 20.4 Å². The van der Waals surface area contributed by atoms with Crippen molar-refractivity contribution in [2.45, 2.75) is 32.6 Å². The van der Waals surface area contributed by atoms with Gasteiger partial charge in [-0.15, -0.1) is 24.0 Å². The van der Waals surface area contributed by atoms with Gasteiger partial charge in [0.05, 0.1) is 0 Å². The number of unbranched alkanes of at least 4 members (excludes halogenated alkanes) is 1. The molecular formula is C27H40IN5O. The quantitative estimate of drug-likeness (QED) is 0.172. The van der Waals surface area contributed by atoms with Crippen LogP contribution in [0.1, 0.15) is 31.7 Å². The van der Waals surface area contributed by atoms with Crippen LogP contribution in [0.4, 0.5) is 5.69 Å². The molecule has 1 fully saturated rings. The number of amides is 1. The van der Waals surface area contributed by atoms with Crippen molar-refractivity contribution in [3.63, 3.8) is 0 Å². The number of carbonyl (C=O) groups is 1. The molecule has 1 saturated heterocycles. The van der Waals surface area contributed by atoms with Crippen LogP contribution in [0.5, 0.6) is 0 Å². The fourth-order valence-electron chi connectivity index (χ4n) is 4.16. The smallest absolute Gasteiger partial charge is 0.223 e. The van der Waals surface area contributed by atoms with E-state index in [1.165, 1.54) is 11.3 Å². The topological polar surface area (TPSA) is 60.0 Å². The Bertz CT molecular complexity index is 862. The van der Waals surface area contributed by atoms with E-state index in [0.717, 1.165) is 57.9 Å². The Morgan fingerprint density at radius 2 is 1.76 bits per heavy atom. The molecule has 7 heteroatoms. The number of nitrogens with one attached hydrogen (secondary N) is 2. The standard InChI is InChI=1S/C27H39N5O.HI/c1-3-28-27(29-17-10-11-18-31(2)25-14-8-5-9-15-25)30-21-24-20-26(33)32(22-24)19-16-23-12-6-4-7-13-23;/h4-9,12-15,24H,3,10-11,16-22H2,1-2H3,(H2,28,29,30);1H. The van der Waals surface area contributed by atoms with Crippen LogP contribution in [0.25, 0.3) is 0 Å². The first-order valence-corrected chi connectivity index (χ1v) is 12.3. The normalized spacial score (nSPS) is 15.7. The van der Waals surface area contributed by atoms with Crippen LogP contribution < -0.4 is 15.5 Å². The third kappa shape index (κ3) is 9.52. The second kappa shape index (κ2) is 15.6. The number of rotatable bonds is 12. The molecule has 0 aromatic heterocycles. The van der Waals surface area contributed by atoms with Gasteiger partial charge in [0, 0.05) is 64.3 Å². The third-order valence-corrected chi connectivity index (χ3v) is 6.07. The molecular weight excluding hydrogens is 537 g/mol. The van der Waals surface area contributed by atoms with E-state index >= 15 is 0 Å². The van der Waals surface area contributed by atoms with Gasteiger partial charge in [0.2, 0.25) is 5.91 Å². The van der Waals surface area contributed by atoms with Crippen LogP contribution in [-0.2, 0) is 11.2 Å². The highest BCUT2D eigenvalue weighted by atomic mass is 127. The average Bonchev–Trinajstić information content (AvgIpc) is 3.21. The van der Waals surface area contributed by atoms with Crippen molar-refractivity contribution in [3.05, 3.63) is 66.2 Å². The number of nitrogens with zero attached hydrogens (tertiary/aromatic N) is 3. The molecule has 34 heavy (non-hydrogen) atoms. The predicted octanol–water partition coefficient (Wildman–Crippen LogP) is 4.17. The Balaban J connectivity index is 0.00000408. The third-order valence-electron chi connectivity index (χ3n) is 6.07. The molecule has 1 heterocycles. The number of anilines is 1. The summed E-state index contributed by atoms with van der Waals surface area (Å²) in [7, 11) is 2.14. The van der Waals surface area contributed by atoms with Gasteiger partial charge in [-0.1, -0.05) is 48.5 Å². The first-order valence-electron chi connectivity index (χ1n) is 12.3. The van der Waals surface area contributed by atoms with E-state index < -0.39 is 0 Å². The fourth-order valence-corrected chi connectivity index (χ4v) is 4.16. The Morgan fingerprint density at radius 1 is 1.06 bits per heavy atom. The summed E-state index contributed by atoms with van der Waals surface area (Å²) in [5.74, 6) is 1.40. The van der Waals surface area contributed by atoms with Crippen molar-refractivity contribution < 1.29 is 4.79 Å². The van der Waals surface area contributed by atoms with Crippen molar-refractivity contribution in [2.24, 2.45) is 10.9 Å². The monoisotopic (exact) mass is 577 g/mol. The Labute approximate surface area is 222 Å². The van der Waals surface area contributed by atoms with E-state index in [-0.39, 0.29) is 29.9 Å². The van der Waals surface area contributed by atoms with Crippen molar-refractivity contribution in [3.8, 4) is 0 Å². The summed E-state index contributed by atoms with van der Waals surface area (Å²) in [5, 5.41) is 6.78. The average molecular weight is 578 g/mol. The number of halogens is 1. The molecule has 3 rings (SSSR count). The van der Waals surface area contributed by atoms with Gasteiger partial charge in [-0.05, 0) is 43.9 Å². The maximum atomic E-state index is 12.4. The molecule has 6 nitrogen and oxygen atoms in total. The lowest BCUT2D eigenvalue weighted by Crippen LogP contribution is -2.38. The molecule has 0 saturated carbocycles. The lowest BCUT2D eigenvalue weighted by atomic mass is 10.1. The molecule has 186 valence electrons.